The molecule has 1 aliphatic rings. The number of morpholine rings is 1. The van der Waals surface area contributed by atoms with Gasteiger partial charge in [0.1, 0.15) is 5.75 Å². The number of nitrogens with zero attached hydrogens (tertiary/aromatic N) is 1. The van der Waals surface area contributed by atoms with Gasteiger partial charge in [0.05, 0.1) is 19.6 Å². The molecule has 0 unspecified atom stereocenters. The van der Waals surface area contributed by atoms with Crippen LogP contribution in [-0.4, -0.2) is 43.5 Å². The van der Waals surface area contributed by atoms with E-state index in [1.54, 1.807) is 6.07 Å². The molecule has 1 aliphatic heterocycles. The number of nitrogens with one attached hydrogen (secondary N) is 1. The number of halogens is 3. The van der Waals surface area contributed by atoms with Crippen LogP contribution in [0.3, 0.4) is 0 Å². The molecule has 8 heteroatoms. The minimum atomic E-state index is -4.73. The first kappa shape index (κ1) is 20.2. The van der Waals surface area contributed by atoms with Gasteiger partial charge in [0.25, 0.3) is 0 Å². The van der Waals surface area contributed by atoms with Crippen molar-refractivity contribution in [3.05, 3.63) is 59.7 Å². The van der Waals surface area contributed by atoms with Gasteiger partial charge in [-0.15, -0.1) is 13.2 Å². The normalized spacial score (nSPS) is 15.2. The van der Waals surface area contributed by atoms with E-state index in [-0.39, 0.29) is 18.1 Å². The van der Waals surface area contributed by atoms with Gasteiger partial charge in [-0.1, -0.05) is 24.3 Å². The molecule has 0 atom stereocenters. The summed E-state index contributed by atoms with van der Waals surface area (Å²) in [5.41, 5.74) is 2.37. The van der Waals surface area contributed by atoms with Gasteiger partial charge in [0.15, 0.2) is 0 Å². The summed E-state index contributed by atoms with van der Waals surface area (Å²) in [5.74, 6) is -0.555. The molecular weight excluding hydrogens is 373 g/mol. The highest BCUT2D eigenvalue weighted by atomic mass is 19.4. The molecule has 0 aliphatic carbocycles. The van der Waals surface area contributed by atoms with Crippen molar-refractivity contribution in [3.63, 3.8) is 0 Å². The Hall–Kier alpha value is -2.58. The Kier molecular flexibility index (Phi) is 6.53. The highest BCUT2D eigenvalue weighted by molar-refractivity contribution is 5.92. The fourth-order valence-electron chi connectivity index (χ4n) is 2.96. The Morgan fingerprint density at radius 1 is 1.07 bits per heavy atom. The van der Waals surface area contributed by atoms with E-state index in [2.05, 4.69) is 15.0 Å². The van der Waals surface area contributed by atoms with Crippen LogP contribution >= 0.6 is 0 Å². The standard InChI is InChI=1S/C20H21F3N2O3/c21-20(22,23)28-18-6-4-15(5-7-18)13-19(26)24-17-3-1-2-16(12-17)14-25-8-10-27-11-9-25/h1-7,12H,8-11,13-14H2,(H,24,26). The molecule has 1 fully saturated rings. The highest BCUT2D eigenvalue weighted by Gasteiger charge is 2.30. The molecule has 1 saturated heterocycles. The van der Waals surface area contributed by atoms with Crippen LogP contribution < -0.4 is 10.1 Å². The summed E-state index contributed by atoms with van der Waals surface area (Å²) in [6.45, 7) is 4.00. The molecule has 2 aromatic rings. The fraction of sp³-hybridized carbons (Fsp3) is 0.350. The van der Waals surface area contributed by atoms with Crippen molar-refractivity contribution in [3.8, 4) is 5.75 Å². The molecule has 2 aromatic carbocycles. The van der Waals surface area contributed by atoms with Gasteiger partial charge in [0, 0.05) is 25.3 Å². The zero-order chi connectivity index (χ0) is 20.0. The topological polar surface area (TPSA) is 50.8 Å². The van der Waals surface area contributed by atoms with E-state index in [0.717, 1.165) is 38.4 Å². The maximum absolute atomic E-state index is 12.2. The molecule has 5 nitrogen and oxygen atoms in total. The summed E-state index contributed by atoms with van der Waals surface area (Å²) in [4.78, 5) is 14.5. The molecule has 150 valence electrons. The minimum Gasteiger partial charge on any atom is -0.406 e. The van der Waals surface area contributed by atoms with Crippen molar-refractivity contribution in [1.29, 1.82) is 0 Å². The summed E-state index contributed by atoms with van der Waals surface area (Å²) in [6.07, 6.45) is -4.68. The number of anilines is 1. The lowest BCUT2D eigenvalue weighted by Crippen LogP contribution is -2.35. The lowest BCUT2D eigenvalue weighted by molar-refractivity contribution is -0.274. The van der Waals surface area contributed by atoms with Gasteiger partial charge in [-0.3, -0.25) is 9.69 Å². The summed E-state index contributed by atoms with van der Waals surface area (Å²) in [7, 11) is 0. The third-order valence-corrected chi connectivity index (χ3v) is 4.24. The lowest BCUT2D eigenvalue weighted by Gasteiger charge is -2.26. The van der Waals surface area contributed by atoms with Crippen LogP contribution in [0.1, 0.15) is 11.1 Å². The predicted molar refractivity (Wildman–Crippen MR) is 98.0 cm³/mol. The van der Waals surface area contributed by atoms with Crippen LogP contribution in [0.2, 0.25) is 0 Å². The van der Waals surface area contributed by atoms with Crippen molar-refractivity contribution in [2.24, 2.45) is 0 Å². The second-order valence-corrected chi connectivity index (χ2v) is 6.51. The first-order chi connectivity index (χ1) is 13.4. The number of alkyl halides is 3. The number of rotatable bonds is 6. The third kappa shape index (κ3) is 6.54. The lowest BCUT2D eigenvalue weighted by atomic mass is 10.1. The van der Waals surface area contributed by atoms with E-state index in [4.69, 9.17) is 4.74 Å². The number of hydrogen-bond acceptors (Lipinski definition) is 4. The second-order valence-electron chi connectivity index (χ2n) is 6.51. The Morgan fingerprint density at radius 3 is 2.46 bits per heavy atom. The van der Waals surface area contributed by atoms with Gasteiger partial charge in [-0.2, -0.15) is 0 Å². The van der Waals surface area contributed by atoms with Crippen molar-refractivity contribution >= 4 is 11.6 Å². The Balaban J connectivity index is 1.53. The minimum absolute atomic E-state index is 0.0555. The average Bonchev–Trinajstić information content (AvgIpc) is 2.63. The molecule has 28 heavy (non-hydrogen) atoms. The molecule has 3 rings (SSSR count). The van der Waals surface area contributed by atoms with Gasteiger partial charge in [-0.25, -0.2) is 0 Å². The van der Waals surface area contributed by atoms with Crippen LogP contribution in [0.25, 0.3) is 0 Å². The Morgan fingerprint density at radius 2 is 1.79 bits per heavy atom. The molecule has 0 radical (unpaired) electrons. The third-order valence-electron chi connectivity index (χ3n) is 4.24. The number of hydrogen-bond donors (Lipinski definition) is 1. The van der Waals surface area contributed by atoms with Crippen LogP contribution in [0.15, 0.2) is 48.5 Å². The molecule has 1 amide bonds. The monoisotopic (exact) mass is 394 g/mol. The van der Waals surface area contributed by atoms with Gasteiger partial charge in [-0.05, 0) is 35.4 Å². The zero-order valence-corrected chi connectivity index (χ0v) is 15.2. The molecule has 0 aromatic heterocycles. The number of carbonyl (C=O) groups is 1. The largest absolute Gasteiger partial charge is 0.573 e. The predicted octanol–water partition coefficient (Wildman–Crippen LogP) is 3.60. The first-order valence-corrected chi connectivity index (χ1v) is 8.91. The second kappa shape index (κ2) is 9.07. The summed E-state index contributed by atoms with van der Waals surface area (Å²) in [5, 5.41) is 2.83. The van der Waals surface area contributed by atoms with Gasteiger partial charge in [0.2, 0.25) is 5.91 Å². The Labute approximate surface area is 161 Å². The maximum Gasteiger partial charge on any atom is 0.573 e. The van der Waals surface area contributed by atoms with E-state index < -0.39 is 6.36 Å². The molecule has 1 heterocycles. The van der Waals surface area contributed by atoms with E-state index >= 15 is 0 Å². The van der Waals surface area contributed by atoms with Crippen LogP contribution in [0, 0.1) is 0 Å². The van der Waals surface area contributed by atoms with Gasteiger partial charge < -0.3 is 14.8 Å². The highest BCUT2D eigenvalue weighted by Crippen LogP contribution is 2.23. The molecule has 1 N–H and O–H groups in total. The van der Waals surface area contributed by atoms with E-state index in [9.17, 15) is 18.0 Å². The number of amides is 1. The first-order valence-electron chi connectivity index (χ1n) is 8.91. The van der Waals surface area contributed by atoms with Crippen LogP contribution in [-0.2, 0) is 22.5 Å². The summed E-state index contributed by atoms with van der Waals surface area (Å²) < 4.78 is 45.7. The fourth-order valence-corrected chi connectivity index (χ4v) is 2.96. The average molecular weight is 394 g/mol. The van der Waals surface area contributed by atoms with Crippen LogP contribution in [0.5, 0.6) is 5.75 Å². The van der Waals surface area contributed by atoms with Crippen molar-refractivity contribution in [1.82, 2.24) is 4.90 Å². The van der Waals surface area contributed by atoms with Gasteiger partial charge >= 0.3 is 6.36 Å². The van der Waals surface area contributed by atoms with Crippen LogP contribution in [0.4, 0.5) is 18.9 Å². The molecule has 0 saturated carbocycles. The van der Waals surface area contributed by atoms with Crippen molar-refractivity contribution < 1.29 is 27.4 Å². The quantitative estimate of drug-likeness (QED) is 0.814. The van der Waals surface area contributed by atoms with E-state index in [1.807, 2.05) is 18.2 Å². The maximum atomic E-state index is 12.2. The Bertz CT molecular complexity index is 788. The summed E-state index contributed by atoms with van der Waals surface area (Å²) >= 11 is 0. The van der Waals surface area contributed by atoms with E-state index in [1.165, 1.54) is 24.3 Å². The molecule has 0 bridgehead atoms. The molecule has 0 spiro atoms. The number of benzene rings is 2. The molecular formula is C20H21F3N2O3. The summed E-state index contributed by atoms with van der Waals surface area (Å²) in [6, 6.07) is 12.9. The smallest absolute Gasteiger partial charge is 0.406 e. The van der Waals surface area contributed by atoms with E-state index in [0.29, 0.717) is 11.3 Å². The van der Waals surface area contributed by atoms with Crippen molar-refractivity contribution in [2.45, 2.75) is 19.3 Å². The SMILES string of the molecule is O=C(Cc1ccc(OC(F)(F)F)cc1)Nc1cccc(CN2CCOCC2)c1. The number of carbonyl (C=O) groups excluding carboxylic acids is 1. The zero-order valence-electron chi connectivity index (χ0n) is 15.2. The van der Waals surface area contributed by atoms with Crippen molar-refractivity contribution in [2.75, 3.05) is 31.6 Å². The number of ether oxygens (including phenoxy) is 2.